The Bertz CT molecular complexity index is 677. The zero-order valence-corrected chi connectivity index (χ0v) is 12.9. The largest absolute Gasteiger partial charge is 0.382 e. The van der Waals surface area contributed by atoms with Gasteiger partial charge < -0.3 is 10.6 Å². The van der Waals surface area contributed by atoms with Crippen LogP contribution < -0.4 is 10.6 Å². The van der Waals surface area contributed by atoms with Gasteiger partial charge in [-0.05, 0) is 36.4 Å². The number of carbonyl (C=O) groups is 1. The van der Waals surface area contributed by atoms with Crippen LogP contribution in [0, 0.1) is 17.5 Å². The molecule has 0 fully saturated rings. The molecule has 0 unspecified atom stereocenters. The number of hydrogen-bond acceptors (Lipinski definition) is 2. The van der Waals surface area contributed by atoms with Gasteiger partial charge in [0.25, 0.3) is 0 Å². The molecule has 116 valence electrons. The summed E-state index contributed by atoms with van der Waals surface area (Å²) in [6, 6.07) is 8.92. The molecule has 0 bridgehead atoms. The Hall–Kier alpha value is -2.02. The van der Waals surface area contributed by atoms with Gasteiger partial charge in [0, 0.05) is 23.1 Å². The second-order valence-corrected chi connectivity index (χ2v) is 5.37. The third-order valence-corrected chi connectivity index (χ3v) is 3.36. The summed E-state index contributed by atoms with van der Waals surface area (Å²) in [5, 5.41) is 5.22. The lowest BCUT2D eigenvalue weighted by atomic mass is 10.2. The molecular formula is C15H12BrF3N2O. The molecule has 0 heterocycles. The molecule has 2 rings (SSSR count). The Balaban J connectivity index is 1.84. The van der Waals surface area contributed by atoms with E-state index in [0.717, 1.165) is 16.6 Å². The highest BCUT2D eigenvalue weighted by molar-refractivity contribution is 9.10. The van der Waals surface area contributed by atoms with Crippen molar-refractivity contribution < 1.29 is 18.0 Å². The van der Waals surface area contributed by atoms with Crippen LogP contribution in [0.15, 0.2) is 40.9 Å². The second-order valence-electron chi connectivity index (χ2n) is 4.45. The van der Waals surface area contributed by atoms with Gasteiger partial charge in [-0.2, -0.15) is 0 Å². The van der Waals surface area contributed by atoms with Crippen LogP contribution in [0.5, 0.6) is 0 Å². The quantitative estimate of drug-likeness (QED) is 0.768. The molecule has 0 atom stereocenters. The van der Waals surface area contributed by atoms with E-state index in [1.165, 1.54) is 0 Å². The smallest absolute Gasteiger partial charge is 0.226 e. The van der Waals surface area contributed by atoms with E-state index >= 15 is 0 Å². The molecule has 0 saturated heterocycles. The molecule has 0 saturated carbocycles. The Kier molecular flexibility index (Phi) is 5.43. The summed E-state index contributed by atoms with van der Waals surface area (Å²) < 4.78 is 40.1. The topological polar surface area (TPSA) is 41.1 Å². The minimum Gasteiger partial charge on any atom is -0.382 e. The first-order chi connectivity index (χ1) is 10.5. The van der Waals surface area contributed by atoms with Crippen LogP contribution in [-0.4, -0.2) is 12.5 Å². The first-order valence-electron chi connectivity index (χ1n) is 6.40. The van der Waals surface area contributed by atoms with E-state index in [9.17, 15) is 18.0 Å². The monoisotopic (exact) mass is 372 g/mol. The average Bonchev–Trinajstić information content (AvgIpc) is 2.49. The van der Waals surface area contributed by atoms with Crippen LogP contribution in [0.2, 0.25) is 0 Å². The van der Waals surface area contributed by atoms with Crippen molar-refractivity contribution in [2.24, 2.45) is 0 Å². The fourth-order valence-corrected chi connectivity index (χ4v) is 1.99. The Morgan fingerprint density at radius 3 is 2.36 bits per heavy atom. The lowest BCUT2D eigenvalue weighted by Crippen LogP contribution is -2.16. The number of carbonyl (C=O) groups excluding carboxylic acids is 1. The predicted octanol–water partition coefficient (Wildman–Crippen LogP) is 4.31. The highest BCUT2D eigenvalue weighted by atomic mass is 79.9. The Morgan fingerprint density at radius 1 is 1.00 bits per heavy atom. The van der Waals surface area contributed by atoms with E-state index in [1.54, 1.807) is 24.3 Å². The number of benzene rings is 2. The van der Waals surface area contributed by atoms with Gasteiger partial charge in [0.2, 0.25) is 5.91 Å². The molecule has 0 aromatic heterocycles. The van der Waals surface area contributed by atoms with Gasteiger partial charge in [0.1, 0.15) is 0 Å². The number of hydrogen-bond donors (Lipinski definition) is 2. The van der Waals surface area contributed by atoms with Crippen molar-refractivity contribution in [3.05, 3.63) is 58.3 Å². The van der Waals surface area contributed by atoms with E-state index in [4.69, 9.17) is 0 Å². The molecule has 7 heteroatoms. The van der Waals surface area contributed by atoms with Crippen molar-refractivity contribution in [1.82, 2.24) is 0 Å². The van der Waals surface area contributed by atoms with Gasteiger partial charge in [0.05, 0.1) is 5.69 Å². The SMILES string of the molecule is O=C(CCNc1ccc(F)c(F)c1F)Nc1ccc(Br)cc1. The zero-order valence-electron chi connectivity index (χ0n) is 11.3. The molecule has 22 heavy (non-hydrogen) atoms. The molecule has 0 aliphatic rings. The summed E-state index contributed by atoms with van der Waals surface area (Å²) in [7, 11) is 0. The number of halogens is 4. The fraction of sp³-hybridized carbons (Fsp3) is 0.133. The maximum atomic E-state index is 13.4. The highest BCUT2D eigenvalue weighted by Gasteiger charge is 2.13. The summed E-state index contributed by atoms with van der Waals surface area (Å²) in [6.07, 6.45) is 0.0501. The zero-order chi connectivity index (χ0) is 16.1. The maximum Gasteiger partial charge on any atom is 0.226 e. The minimum atomic E-state index is -1.54. The molecule has 3 nitrogen and oxygen atoms in total. The summed E-state index contributed by atoms with van der Waals surface area (Å²) >= 11 is 3.28. The van der Waals surface area contributed by atoms with E-state index in [2.05, 4.69) is 26.6 Å². The third kappa shape index (κ3) is 4.24. The average molecular weight is 373 g/mol. The van der Waals surface area contributed by atoms with Crippen molar-refractivity contribution in [1.29, 1.82) is 0 Å². The van der Waals surface area contributed by atoms with Crippen LogP contribution in [-0.2, 0) is 4.79 Å². The van der Waals surface area contributed by atoms with Crippen molar-refractivity contribution in [2.75, 3.05) is 17.2 Å². The number of nitrogens with one attached hydrogen (secondary N) is 2. The van der Waals surface area contributed by atoms with E-state index < -0.39 is 17.5 Å². The van der Waals surface area contributed by atoms with Crippen molar-refractivity contribution in [2.45, 2.75) is 6.42 Å². The van der Waals surface area contributed by atoms with Gasteiger partial charge in [0.15, 0.2) is 17.5 Å². The number of anilines is 2. The lowest BCUT2D eigenvalue weighted by molar-refractivity contribution is -0.115. The first kappa shape index (κ1) is 16.4. The predicted molar refractivity (Wildman–Crippen MR) is 82.2 cm³/mol. The minimum absolute atomic E-state index is 0.0501. The van der Waals surface area contributed by atoms with Crippen LogP contribution in [0.1, 0.15) is 6.42 Å². The number of amides is 1. The summed E-state index contributed by atoms with van der Waals surface area (Å²) in [5.41, 5.74) is 0.447. The molecule has 2 aromatic carbocycles. The molecule has 2 aromatic rings. The summed E-state index contributed by atoms with van der Waals surface area (Å²) in [6.45, 7) is 0.0877. The van der Waals surface area contributed by atoms with Crippen molar-refractivity contribution in [3.8, 4) is 0 Å². The third-order valence-electron chi connectivity index (χ3n) is 2.83. The molecule has 2 N–H and O–H groups in total. The van der Waals surface area contributed by atoms with Crippen LogP contribution in [0.25, 0.3) is 0 Å². The van der Waals surface area contributed by atoms with Gasteiger partial charge in [-0.1, -0.05) is 15.9 Å². The van der Waals surface area contributed by atoms with Gasteiger partial charge in [-0.3, -0.25) is 4.79 Å². The molecule has 1 amide bonds. The molecule has 0 aliphatic heterocycles. The second kappa shape index (κ2) is 7.31. The van der Waals surface area contributed by atoms with Crippen LogP contribution in [0.4, 0.5) is 24.5 Å². The molecular weight excluding hydrogens is 361 g/mol. The first-order valence-corrected chi connectivity index (χ1v) is 7.19. The van der Waals surface area contributed by atoms with Crippen LogP contribution >= 0.6 is 15.9 Å². The van der Waals surface area contributed by atoms with Gasteiger partial charge in [-0.25, -0.2) is 13.2 Å². The van der Waals surface area contributed by atoms with Gasteiger partial charge in [-0.15, -0.1) is 0 Å². The molecule has 0 radical (unpaired) electrons. The fourth-order valence-electron chi connectivity index (χ4n) is 1.73. The summed E-state index contributed by atoms with van der Waals surface area (Å²) in [5.74, 6) is -4.37. The highest BCUT2D eigenvalue weighted by Crippen LogP contribution is 2.19. The Morgan fingerprint density at radius 2 is 1.68 bits per heavy atom. The van der Waals surface area contributed by atoms with Crippen molar-refractivity contribution >= 4 is 33.2 Å². The Labute approximate surface area is 133 Å². The normalized spacial score (nSPS) is 10.4. The van der Waals surface area contributed by atoms with Crippen molar-refractivity contribution in [3.63, 3.8) is 0 Å². The summed E-state index contributed by atoms with van der Waals surface area (Å²) in [4.78, 5) is 11.7. The molecule has 0 spiro atoms. The standard InChI is InChI=1S/C15H12BrF3N2O/c16-9-1-3-10(4-2-9)21-13(22)7-8-20-12-6-5-11(17)14(18)15(12)19/h1-6,20H,7-8H2,(H,21,22). The van der Waals surface area contributed by atoms with E-state index in [0.29, 0.717) is 5.69 Å². The van der Waals surface area contributed by atoms with E-state index in [-0.39, 0.29) is 24.6 Å². The van der Waals surface area contributed by atoms with Gasteiger partial charge >= 0.3 is 0 Å². The molecule has 0 aliphatic carbocycles. The van der Waals surface area contributed by atoms with E-state index in [1.807, 2.05) is 0 Å². The number of rotatable bonds is 5. The maximum absolute atomic E-state index is 13.4. The lowest BCUT2D eigenvalue weighted by Gasteiger charge is -2.09. The van der Waals surface area contributed by atoms with Crippen LogP contribution in [0.3, 0.4) is 0 Å².